The summed E-state index contributed by atoms with van der Waals surface area (Å²) in [7, 11) is 3.53. The minimum Gasteiger partial charge on any atom is -0.348 e. The van der Waals surface area contributed by atoms with E-state index >= 15 is 0 Å². The van der Waals surface area contributed by atoms with Gasteiger partial charge in [0.05, 0.1) is 13.1 Å². The molecule has 0 saturated carbocycles. The van der Waals surface area contributed by atoms with Crippen LogP contribution in [0.4, 0.5) is 4.39 Å². The van der Waals surface area contributed by atoms with Crippen molar-refractivity contribution in [3.8, 4) is 0 Å². The number of carbonyl (C=O) groups is 2. The second-order valence-corrected chi connectivity index (χ2v) is 8.21. The van der Waals surface area contributed by atoms with E-state index in [-0.39, 0.29) is 17.6 Å². The van der Waals surface area contributed by atoms with Gasteiger partial charge < -0.3 is 10.2 Å². The van der Waals surface area contributed by atoms with E-state index in [1.165, 1.54) is 23.5 Å². The summed E-state index contributed by atoms with van der Waals surface area (Å²) in [6, 6.07) is 5.99. The molecule has 1 saturated heterocycles. The third-order valence-corrected chi connectivity index (χ3v) is 5.62. The second kappa shape index (κ2) is 9.86. The van der Waals surface area contributed by atoms with Crippen LogP contribution in [0.25, 0.3) is 0 Å². The van der Waals surface area contributed by atoms with E-state index in [0.717, 1.165) is 36.8 Å². The summed E-state index contributed by atoms with van der Waals surface area (Å²) in [4.78, 5) is 30.1. The first kappa shape index (κ1) is 21.3. The molecule has 0 unspecified atom stereocenters. The highest BCUT2D eigenvalue weighted by Gasteiger charge is 2.21. The van der Waals surface area contributed by atoms with E-state index < -0.39 is 0 Å². The van der Waals surface area contributed by atoms with Crippen LogP contribution in [0, 0.1) is 5.82 Å². The number of benzene rings is 1. The zero-order valence-corrected chi connectivity index (χ0v) is 17.4. The maximum Gasteiger partial charge on any atom is 0.282 e. The number of halogens is 1. The third-order valence-electron chi connectivity index (χ3n) is 4.71. The molecule has 8 nitrogen and oxygen atoms in total. The summed E-state index contributed by atoms with van der Waals surface area (Å²) in [5, 5.41) is 12.0. The fourth-order valence-corrected chi connectivity index (χ4v) is 3.70. The van der Waals surface area contributed by atoms with E-state index in [2.05, 4.69) is 25.3 Å². The van der Waals surface area contributed by atoms with Crippen molar-refractivity contribution < 1.29 is 14.0 Å². The van der Waals surface area contributed by atoms with Crippen LogP contribution in [0.2, 0.25) is 0 Å². The van der Waals surface area contributed by atoms with E-state index in [1.807, 2.05) is 0 Å². The highest BCUT2D eigenvalue weighted by molar-refractivity contribution is 7.13. The van der Waals surface area contributed by atoms with Gasteiger partial charge in [-0.1, -0.05) is 23.5 Å². The van der Waals surface area contributed by atoms with Gasteiger partial charge in [-0.3, -0.25) is 19.4 Å². The van der Waals surface area contributed by atoms with Crippen LogP contribution in [0.5, 0.6) is 0 Å². The number of piperazine rings is 1. The monoisotopic (exact) mass is 420 g/mol. The molecule has 156 valence electrons. The molecule has 10 heteroatoms. The zero-order chi connectivity index (χ0) is 20.8. The van der Waals surface area contributed by atoms with Crippen LogP contribution < -0.4 is 5.32 Å². The summed E-state index contributed by atoms with van der Waals surface area (Å²) >= 11 is 1.28. The highest BCUT2D eigenvalue weighted by Crippen LogP contribution is 2.14. The Kier molecular flexibility index (Phi) is 7.24. The molecule has 0 radical (unpaired) electrons. The number of nitrogens with zero attached hydrogens (tertiary/aromatic N) is 5. The molecular weight excluding hydrogens is 395 g/mol. The lowest BCUT2D eigenvalue weighted by Gasteiger charge is -2.34. The second-order valence-electron chi connectivity index (χ2n) is 7.15. The number of carbonyl (C=O) groups excluding carboxylic acids is 2. The molecule has 2 heterocycles. The molecule has 1 aromatic heterocycles. The quantitative estimate of drug-likeness (QED) is 0.714. The molecule has 0 aliphatic carbocycles. The first-order valence-electron chi connectivity index (χ1n) is 9.40. The number of hydrogen-bond donors (Lipinski definition) is 1. The SMILES string of the molecule is CN(C)C(=O)CN1CCN(Cc2nnc(C(=O)NCc3ccc(F)cc3)s2)CC1. The Balaban J connectivity index is 1.43. The van der Waals surface area contributed by atoms with E-state index in [9.17, 15) is 14.0 Å². The van der Waals surface area contributed by atoms with Crippen molar-refractivity contribution in [2.45, 2.75) is 13.1 Å². The molecule has 1 aliphatic rings. The van der Waals surface area contributed by atoms with Gasteiger partial charge >= 0.3 is 0 Å². The van der Waals surface area contributed by atoms with Gasteiger partial charge in [0, 0.05) is 46.8 Å². The van der Waals surface area contributed by atoms with Crippen LogP contribution in [0.15, 0.2) is 24.3 Å². The molecular formula is C19H25FN6O2S. The first-order valence-corrected chi connectivity index (χ1v) is 10.2. The van der Waals surface area contributed by atoms with Crippen molar-refractivity contribution in [1.82, 2.24) is 30.2 Å². The predicted molar refractivity (Wildman–Crippen MR) is 108 cm³/mol. The molecule has 1 N–H and O–H groups in total. The molecule has 3 rings (SSSR count). The largest absolute Gasteiger partial charge is 0.348 e. The van der Waals surface area contributed by atoms with Gasteiger partial charge in [-0.15, -0.1) is 10.2 Å². The van der Waals surface area contributed by atoms with Gasteiger partial charge in [0.25, 0.3) is 5.91 Å². The van der Waals surface area contributed by atoms with Crippen molar-refractivity contribution in [1.29, 1.82) is 0 Å². The van der Waals surface area contributed by atoms with E-state index in [1.54, 1.807) is 31.1 Å². The summed E-state index contributed by atoms with van der Waals surface area (Å²) in [5.41, 5.74) is 0.815. The van der Waals surface area contributed by atoms with E-state index in [0.29, 0.717) is 24.6 Å². The Hall–Kier alpha value is -2.43. The Morgan fingerprint density at radius 2 is 1.76 bits per heavy atom. The molecule has 2 amide bonds. The highest BCUT2D eigenvalue weighted by atomic mass is 32.1. The van der Waals surface area contributed by atoms with Gasteiger partial charge in [0.15, 0.2) is 0 Å². The Bertz CT molecular complexity index is 833. The smallest absolute Gasteiger partial charge is 0.282 e. The van der Waals surface area contributed by atoms with Crippen molar-refractivity contribution in [3.63, 3.8) is 0 Å². The van der Waals surface area contributed by atoms with Gasteiger partial charge in [0.1, 0.15) is 10.8 Å². The minimum absolute atomic E-state index is 0.110. The number of aromatic nitrogens is 2. The van der Waals surface area contributed by atoms with Gasteiger partial charge in [-0.25, -0.2) is 4.39 Å². The van der Waals surface area contributed by atoms with Gasteiger partial charge in [-0.2, -0.15) is 0 Å². The number of rotatable bonds is 7. The van der Waals surface area contributed by atoms with Crippen molar-refractivity contribution in [3.05, 3.63) is 45.7 Å². The molecule has 0 bridgehead atoms. The summed E-state index contributed by atoms with van der Waals surface area (Å²) < 4.78 is 12.9. The molecule has 29 heavy (non-hydrogen) atoms. The van der Waals surface area contributed by atoms with Crippen LogP contribution in [-0.4, -0.2) is 83.5 Å². The van der Waals surface area contributed by atoms with Crippen molar-refractivity contribution >= 4 is 23.2 Å². The average molecular weight is 421 g/mol. The Labute approximate surface area is 173 Å². The standard InChI is InChI=1S/C19H25FN6O2S/c1-24(2)17(27)13-26-9-7-25(8-10-26)12-16-22-23-19(29-16)18(28)21-11-14-3-5-15(20)6-4-14/h3-6H,7-13H2,1-2H3,(H,21,28). The molecule has 2 aromatic rings. The fraction of sp³-hybridized carbons (Fsp3) is 0.474. The topological polar surface area (TPSA) is 81.7 Å². The third kappa shape index (κ3) is 6.28. The molecule has 1 aliphatic heterocycles. The lowest BCUT2D eigenvalue weighted by atomic mass is 10.2. The van der Waals surface area contributed by atoms with Crippen molar-refractivity contribution in [2.24, 2.45) is 0 Å². The Morgan fingerprint density at radius 1 is 1.10 bits per heavy atom. The molecule has 0 spiro atoms. The fourth-order valence-electron chi connectivity index (χ4n) is 2.90. The van der Waals surface area contributed by atoms with Crippen LogP contribution in [0.1, 0.15) is 20.4 Å². The van der Waals surface area contributed by atoms with Crippen LogP contribution in [0.3, 0.4) is 0 Å². The van der Waals surface area contributed by atoms with E-state index in [4.69, 9.17) is 0 Å². The summed E-state index contributed by atoms with van der Waals surface area (Å²) in [6.45, 7) is 4.71. The zero-order valence-electron chi connectivity index (χ0n) is 16.6. The Morgan fingerprint density at radius 3 is 2.41 bits per heavy atom. The van der Waals surface area contributed by atoms with Crippen molar-refractivity contribution in [2.75, 3.05) is 46.8 Å². The number of amides is 2. The molecule has 1 fully saturated rings. The summed E-state index contributed by atoms with van der Waals surface area (Å²) in [5.74, 6) is -0.483. The predicted octanol–water partition coefficient (Wildman–Crippen LogP) is 0.813. The maximum atomic E-state index is 12.9. The lowest BCUT2D eigenvalue weighted by Crippen LogP contribution is -2.48. The van der Waals surface area contributed by atoms with Crippen LogP contribution in [-0.2, 0) is 17.9 Å². The molecule has 0 atom stereocenters. The van der Waals surface area contributed by atoms with Gasteiger partial charge in [0.2, 0.25) is 10.9 Å². The van der Waals surface area contributed by atoms with Gasteiger partial charge in [-0.05, 0) is 17.7 Å². The summed E-state index contributed by atoms with van der Waals surface area (Å²) in [6.07, 6.45) is 0. The average Bonchev–Trinajstić information content (AvgIpc) is 3.17. The number of hydrogen-bond acceptors (Lipinski definition) is 7. The normalized spacial score (nSPS) is 15.3. The minimum atomic E-state index is -0.307. The first-order chi connectivity index (χ1) is 13.9. The maximum absolute atomic E-state index is 12.9. The molecule has 1 aromatic carbocycles. The number of likely N-dealkylation sites (N-methyl/N-ethyl adjacent to an activating group) is 1. The lowest BCUT2D eigenvalue weighted by molar-refractivity contribution is -0.130. The van der Waals surface area contributed by atoms with Crippen LogP contribution >= 0.6 is 11.3 Å². The number of nitrogens with one attached hydrogen (secondary N) is 1.